The van der Waals surface area contributed by atoms with E-state index >= 15 is 0 Å². The molecule has 30 heavy (non-hydrogen) atoms. The Hall–Kier alpha value is -4.15. The second-order valence-electron chi connectivity index (χ2n) is 6.53. The number of nitrogens with two attached hydrogens (primary N) is 1. The van der Waals surface area contributed by atoms with Gasteiger partial charge in [0.2, 0.25) is 11.9 Å². The number of aromatic amines is 1. The molecule has 11 nitrogen and oxygen atoms in total. The highest BCUT2D eigenvalue weighted by atomic mass is 16.5. The molecule has 0 aliphatic carbocycles. The molecule has 4 aromatic rings. The Kier molecular flexibility index (Phi) is 5.69. The summed E-state index contributed by atoms with van der Waals surface area (Å²) in [5.41, 5.74) is 6.61. The molecule has 0 saturated heterocycles. The highest BCUT2D eigenvalue weighted by molar-refractivity contribution is 5.76. The van der Waals surface area contributed by atoms with Gasteiger partial charge in [0.05, 0.1) is 24.9 Å². The SMILES string of the molecule is NC(=O)Cc1cc(CNc2nccc(Nc3cc(CCc4ccco4)[nH]n3)n2)on1. The van der Waals surface area contributed by atoms with E-state index in [4.69, 9.17) is 14.7 Å². The summed E-state index contributed by atoms with van der Waals surface area (Å²) in [6.07, 6.45) is 4.90. The fourth-order valence-corrected chi connectivity index (χ4v) is 2.78. The molecule has 0 atom stereocenters. The van der Waals surface area contributed by atoms with Crippen molar-refractivity contribution in [2.75, 3.05) is 10.6 Å². The molecule has 0 fully saturated rings. The molecule has 0 aromatic carbocycles. The summed E-state index contributed by atoms with van der Waals surface area (Å²) in [6.45, 7) is 0.314. The average molecular weight is 408 g/mol. The Morgan fingerprint density at radius 1 is 1.17 bits per heavy atom. The van der Waals surface area contributed by atoms with Crippen molar-refractivity contribution in [1.82, 2.24) is 25.3 Å². The number of furan rings is 1. The Morgan fingerprint density at radius 2 is 2.10 bits per heavy atom. The van der Waals surface area contributed by atoms with Gasteiger partial charge in [-0.15, -0.1) is 0 Å². The molecule has 4 aromatic heterocycles. The molecule has 0 spiro atoms. The van der Waals surface area contributed by atoms with E-state index in [0.29, 0.717) is 35.6 Å². The first-order valence-electron chi connectivity index (χ1n) is 9.27. The molecule has 0 saturated carbocycles. The second kappa shape index (κ2) is 8.90. The van der Waals surface area contributed by atoms with Crippen molar-refractivity contribution < 1.29 is 13.7 Å². The van der Waals surface area contributed by atoms with Gasteiger partial charge in [0.1, 0.15) is 11.6 Å². The van der Waals surface area contributed by atoms with Gasteiger partial charge < -0.3 is 25.3 Å². The van der Waals surface area contributed by atoms with Crippen molar-refractivity contribution in [3.63, 3.8) is 0 Å². The normalized spacial score (nSPS) is 10.8. The van der Waals surface area contributed by atoms with Crippen LogP contribution in [0.4, 0.5) is 17.6 Å². The minimum atomic E-state index is -0.465. The van der Waals surface area contributed by atoms with Gasteiger partial charge in [-0.25, -0.2) is 4.98 Å². The van der Waals surface area contributed by atoms with Gasteiger partial charge in [0.15, 0.2) is 11.6 Å². The van der Waals surface area contributed by atoms with Crippen molar-refractivity contribution >= 4 is 23.5 Å². The van der Waals surface area contributed by atoms with E-state index in [2.05, 4.69) is 36.0 Å². The lowest BCUT2D eigenvalue weighted by molar-refractivity contribution is -0.117. The van der Waals surface area contributed by atoms with E-state index in [1.807, 2.05) is 18.2 Å². The molecular weight excluding hydrogens is 388 g/mol. The molecule has 5 N–H and O–H groups in total. The van der Waals surface area contributed by atoms with E-state index in [1.54, 1.807) is 24.6 Å². The first-order chi connectivity index (χ1) is 14.6. The van der Waals surface area contributed by atoms with Crippen LogP contribution < -0.4 is 16.4 Å². The maximum absolute atomic E-state index is 10.9. The average Bonchev–Trinajstić information content (AvgIpc) is 3.47. The fraction of sp³-hybridized carbons (Fsp3) is 0.211. The molecule has 0 bridgehead atoms. The zero-order valence-corrected chi connectivity index (χ0v) is 16.0. The van der Waals surface area contributed by atoms with Gasteiger partial charge in [-0.05, 0) is 24.6 Å². The van der Waals surface area contributed by atoms with Crippen LogP contribution in [0.1, 0.15) is 22.9 Å². The van der Waals surface area contributed by atoms with Gasteiger partial charge in [-0.2, -0.15) is 10.1 Å². The molecule has 154 valence electrons. The van der Waals surface area contributed by atoms with Crippen LogP contribution in [0.15, 0.2) is 51.7 Å². The van der Waals surface area contributed by atoms with Crippen molar-refractivity contribution in [3.05, 3.63) is 65.7 Å². The fourth-order valence-electron chi connectivity index (χ4n) is 2.78. The number of hydrogen-bond acceptors (Lipinski definition) is 9. The van der Waals surface area contributed by atoms with E-state index in [-0.39, 0.29) is 6.42 Å². The maximum atomic E-state index is 10.9. The molecular formula is C19H20N8O3. The van der Waals surface area contributed by atoms with Crippen LogP contribution >= 0.6 is 0 Å². The lowest BCUT2D eigenvalue weighted by Crippen LogP contribution is -2.13. The summed E-state index contributed by atoms with van der Waals surface area (Å²) in [5.74, 6) is 2.65. The number of carbonyl (C=O) groups excluding carboxylic acids is 1. The molecule has 1 amide bonds. The van der Waals surface area contributed by atoms with Crippen LogP contribution in [0.3, 0.4) is 0 Å². The molecule has 4 heterocycles. The number of rotatable bonds is 10. The summed E-state index contributed by atoms with van der Waals surface area (Å²) in [6, 6.07) is 9.14. The van der Waals surface area contributed by atoms with Gasteiger partial charge >= 0.3 is 0 Å². The quantitative estimate of drug-likeness (QED) is 0.307. The summed E-state index contributed by atoms with van der Waals surface area (Å²) < 4.78 is 10.5. The van der Waals surface area contributed by atoms with E-state index in [9.17, 15) is 4.79 Å². The lowest BCUT2D eigenvalue weighted by Gasteiger charge is -2.05. The van der Waals surface area contributed by atoms with Crippen molar-refractivity contribution in [2.45, 2.75) is 25.8 Å². The number of aryl methyl sites for hydroxylation is 2. The lowest BCUT2D eigenvalue weighted by atomic mass is 10.2. The Labute approximate surface area is 171 Å². The van der Waals surface area contributed by atoms with Crippen LogP contribution in [0.25, 0.3) is 0 Å². The van der Waals surface area contributed by atoms with Gasteiger partial charge in [-0.3, -0.25) is 9.89 Å². The monoisotopic (exact) mass is 408 g/mol. The van der Waals surface area contributed by atoms with Crippen LogP contribution in [0.5, 0.6) is 0 Å². The van der Waals surface area contributed by atoms with E-state index in [1.165, 1.54) is 0 Å². The van der Waals surface area contributed by atoms with E-state index < -0.39 is 5.91 Å². The Bertz CT molecular complexity index is 1100. The third-order valence-electron chi connectivity index (χ3n) is 4.15. The third kappa shape index (κ3) is 5.22. The number of primary amides is 1. The first-order valence-corrected chi connectivity index (χ1v) is 9.27. The summed E-state index contributed by atoms with van der Waals surface area (Å²) in [5, 5.41) is 17.2. The van der Waals surface area contributed by atoms with Crippen LogP contribution in [0.2, 0.25) is 0 Å². The number of hydrogen-bond donors (Lipinski definition) is 4. The number of aromatic nitrogens is 5. The minimum absolute atomic E-state index is 0.0343. The third-order valence-corrected chi connectivity index (χ3v) is 4.15. The van der Waals surface area contributed by atoms with Gasteiger partial charge in [0, 0.05) is 30.4 Å². The zero-order valence-electron chi connectivity index (χ0n) is 16.0. The summed E-state index contributed by atoms with van der Waals surface area (Å²) in [7, 11) is 0. The highest BCUT2D eigenvalue weighted by Crippen LogP contribution is 2.16. The van der Waals surface area contributed by atoms with E-state index in [0.717, 1.165) is 24.3 Å². The van der Waals surface area contributed by atoms with Gasteiger partial charge in [0.25, 0.3) is 0 Å². The maximum Gasteiger partial charge on any atom is 0.224 e. The molecule has 0 aliphatic rings. The van der Waals surface area contributed by atoms with Crippen LogP contribution in [0, 0.1) is 0 Å². The summed E-state index contributed by atoms with van der Waals surface area (Å²) in [4.78, 5) is 19.5. The summed E-state index contributed by atoms with van der Waals surface area (Å²) >= 11 is 0. The molecule has 4 rings (SSSR count). The number of nitrogens with zero attached hydrogens (tertiary/aromatic N) is 4. The first kappa shape index (κ1) is 19.2. The second-order valence-corrected chi connectivity index (χ2v) is 6.53. The molecule has 11 heteroatoms. The zero-order chi connectivity index (χ0) is 20.8. The smallest absolute Gasteiger partial charge is 0.224 e. The van der Waals surface area contributed by atoms with Crippen LogP contribution in [-0.2, 0) is 30.6 Å². The number of amides is 1. The predicted molar refractivity (Wildman–Crippen MR) is 107 cm³/mol. The highest BCUT2D eigenvalue weighted by Gasteiger charge is 2.08. The topological polar surface area (TPSA) is 161 Å². The number of anilines is 3. The van der Waals surface area contributed by atoms with Crippen molar-refractivity contribution in [3.8, 4) is 0 Å². The van der Waals surface area contributed by atoms with Crippen molar-refractivity contribution in [1.29, 1.82) is 0 Å². The minimum Gasteiger partial charge on any atom is -0.469 e. The number of carbonyl (C=O) groups is 1. The van der Waals surface area contributed by atoms with Crippen LogP contribution in [-0.4, -0.2) is 31.2 Å². The Morgan fingerprint density at radius 3 is 2.93 bits per heavy atom. The molecule has 0 aliphatic heterocycles. The van der Waals surface area contributed by atoms with Crippen molar-refractivity contribution in [2.24, 2.45) is 5.73 Å². The number of H-pyrrole nitrogens is 1. The number of nitrogens with one attached hydrogen (secondary N) is 3. The largest absolute Gasteiger partial charge is 0.469 e. The Balaban J connectivity index is 1.31. The molecule has 0 radical (unpaired) electrons. The van der Waals surface area contributed by atoms with Gasteiger partial charge in [-0.1, -0.05) is 5.16 Å². The standard InChI is InChI=1S/C19H20N8O3/c20-16(28)9-13-8-15(30-27-13)11-22-19-21-6-5-17(24-19)23-18-10-12(25-26-18)3-4-14-2-1-7-29-14/h1-2,5-8,10H,3-4,9,11H2,(H2,20,28)(H3,21,22,23,24,25,26). The molecule has 0 unspecified atom stereocenters. The predicted octanol–water partition coefficient (Wildman–Crippen LogP) is 1.95.